The molecule has 4 nitrogen and oxygen atoms in total. The van der Waals surface area contributed by atoms with E-state index in [1.165, 1.54) is 25.8 Å². The van der Waals surface area contributed by atoms with Gasteiger partial charge in [0.05, 0.1) is 0 Å². The van der Waals surface area contributed by atoms with Crippen molar-refractivity contribution in [2.45, 2.75) is 64.6 Å². The van der Waals surface area contributed by atoms with E-state index in [-0.39, 0.29) is 6.04 Å². The van der Waals surface area contributed by atoms with Crippen molar-refractivity contribution < 1.29 is 4.79 Å². The monoisotopic (exact) mass is 267 g/mol. The molecule has 3 atom stereocenters. The van der Waals surface area contributed by atoms with Crippen molar-refractivity contribution in [1.29, 1.82) is 0 Å². The second-order valence-corrected chi connectivity index (χ2v) is 6.20. The van der Waals surface area contributed by atoms with E-state index in [2.05, 4.69) is 35.9 Å². The van der Waals surface area contributed by atoms with Gasteiger partial charge in [-0.15, -0.1) is 0 Å². The summed E-state index contributed by atoms with van der Waals surface area (Å²) in [5.74, 6) is 0.325. The van der Waals surface area contributed by atoms with Crippen molar-refractivity contribution in [2.75, 3.05) is 26.2 Å². The fraction of sp³-hybridized carbons (Fsp3) is 0.933. The van der Waals surface area contributed by atoms with Crippen LogP contribution in [0.15, 0.2) is 0 Å². The van der Waals surface area contributed by atoms with Gasteiger partial charge in [0.15, 0.2) is 0 Å². The first kappa shape index (κ1) is 14.8. The molecule has 2 rings (SSSR count). The molecule has 0 radical (unpaired) electrons. The molecule has 2 aliphatic rings. The molecule has 0 bridgehead atoms. The Hall–Kier alpha value is -0.610. The minimum atomic E-state index is 0.286. The van der Waals surface area contributed by atoms with Crippen molar-refractivity contribution >= 4 is 5.91 Å². The number of amides is 1. The Bertz CT molecular complexity index is 308. The van der Waals surface area contributed by atoms with E-state index in [9.17, 15) is 4.79 Å². The van der Waals surface area contributed by atoms with Crippen LogP contribution < -0.4 is 5.32 Å². The number of piperazine rings is 1. The third-order valence-corrected chi connectivity index (χ3v) is 4.54. The van der Waals surface area contributed by atoms with E-state index < -0.39 is 0 Å². The number of piperidine rings is 1. The smallest absolute Gasteiger partial charge is 0.224 e. The molecule has 2 aliphatic heterocycles. The molecule has 2 heterocycles. The largest absolute Gasteiger partial charge is 0.337 e. The summed E-state index contributed by atoms with van der Waals surface area (Å²) in [6.07, 6.45) is 4.55. The van der Waals surface area contributed by atoms with Crippen LogP contribution in [0.4, 0.5) is 0 Å². The van der Waals surface area contributed by atoms with Crippen LogP contribution >= 0.6 is 0 Å². The molecule has 0 aliphatic carbocycles. The van der Waals surface area contributed by atoms with E-state index in [1.807, 2.05) is 0 Å². The van der Waals surface area contributed by atoms with Gasteiger partial charge in [-0.1, -0.05) is 13.3 Å². The van der Waals surface area contributed by atoms with Crippen LogP contribution in [-0.2, 0) is 4.79 Å². The van der Waals surface area contributed by atoms with Gasteiger partial charge in [0.1, 0.15) is 0 Å². The van der Waals surface area contributed by atoms with Crippen molar-refractivity contribution in [1.82, 2.24) is 15.1 Å². The molecule has 110 valence electrons. The van der Waals surface area contributed by atoms with Gasteiger partial charge in [-0.3, -0.25) is 9.69 Å². The molecule has 1 amide bonds. The molecule has 0 aromatic carbocycles. The van der Waals surface area contributed by atoms with Crippen LogP contribution in [0.2, 0.25) is 0 Å². The number of carbonyl (C=O) groups is 1. The second-order valence-electron chi connectivity index (χ2n) is 6.20. The van der Waals surface area contributed by atoms with E-state index >= 15 is 0 Å². The number of hydrogen-bond donors (Lipinski definition) is 1. The predicted molar refractivity (Wildman–Crippen MR) is 78.1 cm³/mol. The number of rotatable bonds is 4. The molecule has 3 unspecified atom stereocenters. The van der Waals surface area contributed by atoms with Crippen molar-refractivity contribution in [3.63, 3.8) is 0 Å². The lowest BCUT2D eigenvalue weighted by molar-refractivity contribution is -0.138. The molecule has 0 aromatic rings. The summed E-state index contributed by atoms with van der Waals surface area (Å²) >= 11 is 0. The fourth-order valence-corrected chi connectivity index (χ4v) is 3.50. The molecule has 2 fully saturated rings. The first-order valence-corrected chi connectivity index (χ1v) is 7.88. The zero-order valence-electron chi connectivity index (χ0n) is 12.7. The van der Waals surface area contributed by atoms with Crippen LogP contribution in [0, 0.1) is 0 Å². The molecule has 0 saturated carbocycles. The maximum atomic E-state index is 12.4. The summed E-state index contributed by atoms with van der Waals surface area (Å²) in [7, 11) is 0. The lowest BCUT2D eigenvalue weighted by Gasteiger charge is -2.47. The minimum absolute atomic E-state index is 0.286. The Kier molecular flexibility index (Phi) is 5.22. The highest BCUT2D eigenvalue weighted by Crippen LogP contribution is 2.24. The van der Waals surface area contributed by atoms with Crippen molar-refractivity contribution in [3.8, 4) is 0 Å². The van der Waals surface area contributed by atoms with Gasteiger partial charge in [-0.25, -0.2) is 0 Å². The van der Waals surface area contributed by atoms with Crippen LogP contribution in [0.1, 0.15) is 46.5 Å². The van der Waals surface area contributed by atoms with Crippen LogP contribution in [0.5, 0.6) is 0 Å². The Balaban J connectivity index is 1.90. The van der Waals surface area contributed by atoms with E-state index in [4.69, 9.17) is 0 Å². The lowest BCUT2D eigenvalue weighted by atomic mass is 9.96. The van der Waals surface area contributed by atoms with E-state index in [1.54, 1.807) is 0 Å². The number of nitrogens with one attached hydrogen (secondary N) is 1. The van der Waals surface area contributed by atoms with Gasteiger partial charge in [-0.2, -0.15) is 0 Å². The standard InChI is InChI=1S/C15H29N3O/c1-4-16-12(2)9-15(19)18-11-14-7-5-6-8-17(14)10-13(18)3/h12-14,16H,4-11H2,1-3H3. The van der Waals surface area contributed by atoms with E-state index in [0.717, 1.165) is 19.6 Å². The predicted octanol–water partition coefficient (Wildman–Crippen LogP) is 1.46. The Morgan fingerprint density at radius 1 is 1.37 bits per heavy atom. The second kappa shape index (κ2) is 6.71. The zero-order chi connectivity index (χ0) is 13.8. The molecule has 2 saturated heterocycles. The quantitative estimate of drug-likeness (QED) is 0.837. The summed E-state index contributed by atoms with van der Waals surface area (Å²) in [6, 6.07) is 1.27. The number of carbonyl (C=O) groups excluding carboxylic acids is 1. The summed E-state index contributed by atoms with van der Waals surface area (Å²) in [5, 5.41) is 3.33. The highest BCUT2D eigenvalue weighted by atomic mass is 16.2. The molecule has 0 spiro atoms. The first-order valence-electron chi connectivity index (χ1n) is 7.88. The maximum absolute atomic E-state index is 12.4. The fourth-order valence-electron chi connectivity index (χ4n) is 3.50. The Morgan fingerprint density at radius 2 is 2.16 bits per heavy atom. The van der Waals surface area contributed by atoms with Gasteiger partial charge in [0.2, 0.25) is 5.91 Å². The molecular weight excluding hydrogens is 238 g/mol. The molecule has 1 N–H and O–H groups in total. The SMILES string of the molecule is CCNC(C)CC(=O)N1CC2CCCCN2CC1C. The number of hydrogen-bond acceptors (Lipinski definition) is 3. The summed E-state index contributed by atoms with van der Waals surface area (Å²) < 4.78 is 0. The van der Waals surface area contributed by atoms with Gasteiger partial charge in [-0.05, 0) is 39.8 Å². The molecule has 19 heavy (non-hydrogen) atoms. The van der Waals surface area contributed by atoms with Crippen molar-refractivity contribution in [2.24, 2.45) is 0 Å². The Morgan fingerprint density at radius 3 is 2.89 bits per heavy atom. The topological polar surface area (TPSA) is 35.6 Å². The summed E-state index contributed by atoms with van der Waals surface area (Å²) in [5.41, 5.74) is 0. The van der Waals surface area contributed by atoms with Crippen LogP contribution in [0.25, 0.3) is 0 Å². The lowest BCUT2D eigenvalue weighted by Crippen LogP contribution is -2.60. The average Bonchev–Trinajstić information content (AvgIpc) is 2.38. The van der Waals surface area contributed by atoms with Gasteiger partial charge in [0, 0.05) is 37.6 Å². The normalized spacial score (nSPS) is 29.9. The van der Waals surface area contributed by atoms with Crippen LogP contribution in [-0.4, -0.2) is 60.0 Å². The summed E-state index contributed by atoms with van der Waals surface area (Å²) in [6.45, 7) is 10.5. The van der Waals surface area contributed by atoms with Gasteiger partial charge in [0.25, 0.3) is 0 Å². The third kappa shape index (κ3) is 3.69. The zero-order valence-corrected chi connectivity index (χ0v) is 12.7. The van der Waals surface area contributed by atoms with Crippen molar-refractivity contribution in [3.05, 3.63) is 0 Å². The highest BCUT2D eigenvalue weighted by molar-refractivity contribution is 5.77. The highest BCUT2D eigenvalue weighted by Gasteiger charge is 2.35. The minimum Gasteiger partial charge on any atom is -0.337 e. The average molecular weight is 267 g/mol. The molecular formula is C15H29N3O. The Labute approximate surface area is 117 Å². The number of fused-ring (bicyclic) bond motifs is 1. The summed E-state index contributed by atoms with van der Waals surface area (Å²) in [4.78, 5) is 17.1. The van der Waals surface area contributed by atoms with Gasteiger partial charge < -0.3 is 10.2 Å². The van der Waals surface area contributed by atoms with Gasteiger partial charge >= 0.3 is 0 Å². The van der Waals surface area contributed by atoms with Crippen LogP contribution in [0.3, 0.4) is 0 Å². The maximum Gasteiger partial charge on any atom is 0.224 e. The molecule has 4 heteroatoms. The molecule has 0 aromatic heterocycles. The third-order valence-electron chi connectivity index (χ3n) is 4.54. The van der Waals surface area contributed by atoms with E-state index in [0.29, 0.717) is 24.4 Å². The first-order chi connectivity index (χ1) is 9.11. The number of nitrogens with zero attached hydrogens (tertiary/aromatic N) is 2.